The van der Waals surface area contributed by atoms with Gasteiger partial charge in [0.15, 0.2) is 13.2 Å². The maximum atomic E-state index is 11.6. The minimum Gasteiger partial charge on any atom is -0.452 e. The van der Waals surface area contributed by atoms with Crippen LogP contribution in [0.5, 0.6) is 5.75 Å². The van der Waals surface area contributed by atoms with Gasteiger partial charge in [-0.25, -0.2) is 14.4 Å². The van der Waals surface area contributed by atoms with E-state index in [0.717, 1.165) is 6.92 Å². The number of esters is 3. The highest BCUT2D eigenvalue weighted by Crippen LogP contribution is 2.15. The first kappa shape index (κ1) is 21.3. The molecule has 146 valence electrons. The van der Waals surface area contributed by atoms with Gasteiger partial charge in [-0.3, -0.25) is 9.63 Å². The topological polar surface area (TPSA) is 160 Å². The van der Waals surface area contributed by atoms with Gasteiger partial charge in [-0.1, -0.05) is 0 Å². The third-order valence-electron chi connectivity index (χ3n) is 2.67. The lowest BCUT2D eigenvalue weighted by Crippen LogP contribution is -2.29. The van der Waals surface area contributed by atoms with Crippen molar-refractivity contribution < 1.29 is 43.3 Å². The van der Waals surface area contributed by atoms with Crippen LogP contribution >= 0.6 is 0 Å². The van der Waals surface area contributed by atoms with E-state index in [0.29, 0.717) is 5.69 Å². The summed E-state index contributed by atoms with van der Waals surface area (Å²) in [6.45, 7) is 0.800. The lowest BCUT2D eigenvalue weighted by atomic mass is 10.3. The van der Waals surface area contributed by atoms with Crippen LogP contribution < -0.4 is 10.1 Å². The molecule has 0 aliphatic rings. The second-order valence-electron chi connectivity index (χ2n) is 4.92. The Morgan fingerprint density at radius 3 is 2.22 bits per heavy atom. The van der Waals surface area contributed by atoms with Gasteiger partial charge in [0.1, 0.15) is 5.75 Å². The van der Waals surface area contributed by atoms with Crippen LogP contribution in [0.4, 0.5) is 5.69 Å². The van der Waals surface area contributed by atoms with Crippen molar-refractivity contribution in [2.45, 2.75) is 20.0 Å². The van der Waals surface area contributed by atoms with Crippen molar-refractivity contribution in [3.8, 4) is 5.75 Å². The van der Waals surface area contributed by atoms with Gasteiger partial charge in [0, 0.05) is 12.6 Å². The number of carbonyl (C=O) groups is 4. The fraction of sp³-hybridized carbons (Fsp3) is 0.333. The van der Waals surface area contributed by atoms with Gasteiger partial charge in [-0.15, -0.1) is 10.1 Å². The van der Waals surface area contributed by atoms with Gasteiger partial charge in [0.25, 0.3) is 5.09 Å². The van der Waals surface area contributed by atoms with Crippen LogP contribution in [0.25, 0.3) is 0 Å². The molecule has 1 amide bonds. The Balaban J connectivity index is 2.33. The largest absolute Gasteiger partial charge is 0.452 e. The Bertz CT molecular complexity index is 716. The summed E-state index contributed by atoms with van der Waals surface area (Å²) >= 11 is 0. The third-order valence-corrected chi connectivity index (χ3v) is 2.67. The number of nitrogens with one attached hydrogen (secondary N) is 1. The van der Waals surface area contributed by atoms with Crippen LogP contribution in [0.1, 0.15) is 13.8 Å². The molecule has 0 aliphatic heterocycles. The van der Waals surface area contributed by atoms with Crippen molar-refractivity contribution in [2.24, 2.45) is 0 Å². The molecule has 27 heavy (non-hydrogen) atoms. The molecule has 12 heteroatoms. The number of benzene rings is 1. The Morgan fingerprint density at radius 2 is 1.67 bits per heavy atom. The van der Waals surface area contributed by atoms with Crippen molar-refractivity contribution in [1.82, 2.24) is 0 Å². The van der Waals surface area contributed by atoms with E-state index >= 15 is 0 Å². The number of rotatable bonds is 9. The zero-order chi connectivity index (χ0) is 20.4. The molecule has 1 atom stereocenters. The first-order valence-corrected chi connectivity index (χ1v) is 7.39. The Kier molecular flexibility index (Phi) is 8.16. The van der Waals surface area contributed by atoms with Crippen molar-refractivity contribution >= 4 is 29.5 Å². The molecule has 0 radical (unpaired) electrons. The van der Waals surface area contributed by atoms with Crippen molar-refractivity contribution in [2.75, 3.05) is 18.5 Å². The van der Waals surface area contributed by atoms with E-state index in [2.05, 4.69) is 19.6 Å². The molecule has 0 aliphatic carbocycles. The molecule has 12 nitrogen and oxygen atoms in total. The Morgan fingerprint density at radius 1 is 1.07 bits per heavy atom. The monoisotopic (exact) mass is 384 g/mol. The lowest BCUT2D eigenvalue weighted by Gasteiger charge is -2.09. The minimum atomic E-state index is -1.52. The number of amides is 1. The van der Waals surface area contributed by atoms with Gasteiger partial charge >= 0.3 is 17.9 Å². The van der Waals surface area contributed by atoms with Gasteiger partial charge in [0.2, 0.25) is 12.0 Å². The summed E-state index contributed by atoms with van der Waals surface area (Å²) in [5.41, 5.74) is 0.505. The first-order valence-electron chi connectivity index (χ1n) is 7.39. The molecule has 0 bridgehead atoms. The molecule has 1 rings (SSSR count). The van der Waals surface area contributed by atoms with Crippen LogP contribution in [-0.2, 0) is 33.5 Å². The second-order valence-corrected chi connectivity index (χ2v) is 4.92. The zero-order valence-electron chi connectivity index (χ0n) is 14.3. The molecule has 0 heterocycles. The number of hydrogen-bond acceptors (Lipinski definition) is 10. The number of anilines is 1. The quantitative estimate of drug-likeness (QED) is 0.270. The maximum Gasteiger partial charge on any atom is 0.349 e. The van der Waals surface area contributed by atoms with Crippen molar-refractivity contribution in [3.05, 3.63) is 34.4 Å². The third kappa shape index (κ3) is 8.81. The molecular weight excluding hydrogens is 368 g/mol. The maximum absolute atomic E-state index is 11.6. The van der Waals surface area contributed by atoms with E-state index < -0.39 is 42.3 Å². The van der Waals surface area contributed by atoms with E-state index in [1.165, 1.54) is 31.2 Å². The molecule has 1 unspecified atom stereocenters. The van der Waals surface area contributed by atoms with Gasteiger partial charge in [-0.2, -0.15) is 0 Å². The summed E-state index contributed by atoms with van der Waals surface area (Å²) in [7, 11) is 0. The summed E-state index contributed by atoms with van der Waals surface area (Å²) < 4.78 is 13.9. The van der Waals surface area contributed by atoms with Crippen molar-refractivity contribution in [3.63, 3.8) is 0 Å². The average Bonchev–Trinajstić information content (AvgIpc) is 2.58. The van der Waals surface area contributed by atoms with Gasteiger partial charge in [-0.05, 0) is 31.2 Å². The highest BCUT2D eigenvalue weighted by molar-refractivity contribution is 5.88. The standard InChI is InChI=1S/C15H16N2O10/c1-9(27-17(22)23)15(21)25-7-13(19)24-8-14(20)26-12-5-3-11(4-6-12)16-10(2)18/h3-6,9H,7-8H2,1-2H3,(H,16,18). The number of hydrogen-bond donors (Lipinski definition) is 1. The molecule has 1 N–H and O–H groups in total. The SMILES string of the molecule is CC(=O)Nc1ccc(OC(=O)COC(=O)COC(=O)C(C)O[N+](=O)[O-])cc1. The molecule has 1 aromatic rings. The summed E-state index contributed by atoms with van der Waals surface area (Å²) in [6.07, 6.45) is -1.52. The summed E-state index contributed by atoms with van der Waals surface area (Å²) in [5, 5.41) is 11.4. The predicted octanol–water partition coefficient (Wildman–Crippen LogP) is 0.234. The number of carbonyl (C=O) groups excluding carboxylic acids is 4. The highest BCUT2D eigenvalue weighted by atomic mass is 17.0. The number of nitrogens with zero attached hydrogens (tertiary/aromatic N) is 1. The fourth-order valence-corrected chi connectivity index (χ4v) is 1.57. The van der Waals surface area contributed by atoms with Crippen LogP contribution in [0.2, 0.25) is 0 Å². The molecule has 0 aromatic heterocycles. The second kappa shape index (κ2) is 10.3. The summed E-state index contributed by atoms with van der Waals surface area (Å²) in [5.74, 6) is -3.21. The fourth-order valence-electron chi connectivity index (χ4n) is 1.57. The van der Waals surface area contributed by atoms with Crippen LogP contribution in [0, 0.1) is 10.1 Å². The van der Waals surface area contributed by atoms with Gasteiger partial charge < -0.3 is 19.5 Å². The van der Waals surface area contributed by atoms with E-state index in [1.807, 2.05) is 0 Å². The van der Waals surface area contributed by atoms with Crippen molar-refractivity contribution in [1.29, 1.82) is 0 Å². The smallest absolute Gasteiger partial charge is 0.349 e. The molecule has 0 spiro atoms. The predicted molar refractivity (Wildman–Crippen MR) is 85.8 cm³/mol. The minimum absolute atomic E-state index is 0.155. The van der Waals surface area contributed by atoms with E-state index in [1.54, 1.807) is 0 Å². The Hall–Kier alpha value is -3.70. The lowest BCUT2D eigenvalue weighted by molar-refractivity contribution is -0.764. The molecule has 0 fully saturated rings. The van der Waals surface area contributed by atoms with E-state index in [-0.39, 0.29) is 11.7 Å². The summed E-state index contributed by atoms with van der Waals surface area (Å²) in [6, 6.07) is 5.85. The average molecular weight is 384 g/mol. The molecular formula is C15H16N2O10. The number of ether oxygens (including phenoxy) is 3. The van der Waals surface area contributed by atoms with E-state index in [9.17, 15) is 29.3 Å². The van der Waals surface area contributed by atoms with Gasteiger partial charge in [0.05, 0.1) is 0 Å². The molecule has 1 aromatic carbocycles. The summed E-state index contributed by atoms with van der Waals surface area (Å²) in [4.78, 5) is 59.1. The molecule has 0 saturated heterocycles. The normalized spacial score (nSPS) is 10.9. The van der Waals surface area contributed by atoms with Crippen LogP contribution in [0.3, 0.4) is 0 Å². The highest BCUT2D eigenvalue weighted by Gasteiger charge is 2.20. The van der Waals surface area contributed by atoms with E-state index in [4.69, 9.17) is 4.74 Å². The zero-order valence-corrected chi connectivity index (χ0v) is 14.3. The first-order chi connectivity index (χ1) is 12.7. The van der Waals surface area contributed by atoms with Crippen LogP contribution in [0.15, 0.2) is 24.3 Å². The Labute approximate surface area is 152 Å². The molecule has 0 saturated carbocycles. The van der Waals surface area contributed by atoms with Crippen LogP contribution in [-0.4, -0.2) is 48.2 Å².